The van der Waals surface area contributed by atoms with E-state index < -0.39 is 5.91 Å². The molecular formula is C21H20ClFN4O3S. The van der Waals surface area contributed by atoms with Gasteiger partial charge in [-0.05, 0) is 48.5 Å². The summed E-state index contributed by atoms with van der Waals surface area (Å²) in [6.45, 7) is 0.890. The van der Waals surface area contributed by atoms with E-state index in [0.29, 0.717) is 34.6 Å². The monoisotopic (exact) mass is 462 g/mol. The van der Waals surface area contributed by atoms with Crippen molar-refractivity contribution in [2.75, 3.05) is 30.9 Å². The fourth-order valence-electron chi connectivity index (χ4n) is 2.57. The van der Waals surface area contributed by atoms with Crippen LogP contribution >= 0.6 is 22.9 Å². The molecule has 1 aromatic heterocycles. The van der Waals surface area contributed by atoms with Crippen molar-refractivity contribution < 1.29 is 18.7 Å². The van der Waals surface area contributed by atoms with Gasteiger partial charge in [0.25, 0.3) is 5.91 Å². The number of halogens is 2. The second-order valence-corrected chi connectivity index (χ2v) is 7.82. The summed E-state index contributed by atoms with van der Waals surface area (Å²) in [6, 6.07) is 11.9. The summed E-state index contributed by atoms with van der Waals surface area (Å²) >= 11 is 7.14. The van der Waals surface area contributed by atoms with E-state index in [0.717, 1.165) is 0 Å². The van der Waals surface area contributed by atoms with Crippen LogP contribution in [0.3, 0.4) is 0 Å². The lowest BCUT2D eigenvalue weighted by Gasteiger charge is -2.21. The van der Waals surface area contributed by atoms with E-state index in [1.807, 2.05) is 0 Å². The molecule has 0 saturated carbocycles. The average Bonchev–Trinajstić information content (AvgIpc) is 3.23. The minimum absolute atomic E-state index is 0.206. The van der Waals surface area contributed by atoms with E-state index in [2.05, 4.69) is 15.6 Å². The Morgan fingerprint density at radius 2 is 1.74 bits per heavy atom. The summed E-state index contributed by atoms with van der Waals surface area (Å²) in [5, 5.41) is 8.24. The Hall–Kier alpha value is -3.01. The van der Waals surface area contributed by atoms with Crippen LogP contribution in [0.15, 0.2) is 53.9 Å². The van der Waals surface area contributed by atoms with E-state index in [9.17, 15) is 14.0 Å². The Morgan fingerprint density at radius 3 is 2.42 bits per heavy atom. The molecule has 0 radical (unpaired) electrons. The van der Waals surface area contributed by atoms with Crippen LogP contribution in [0.1, 0.15) is 15.5 Å². The smallest absolute Gasteiger partial charge is 0.322 e. The van der Waals surface area contributed by atoms with E-state index >= 15 is 0 Å². The third-order valence-electron chi connectivity index (χ3n) is 4.16. The molecule has 31 heavy (non-hydrogen) atoms. The normalized spacial score (nSPS) is 10.5. The summed E-state index contributed by atoms with van der Waals surface area (Å²) in [5.41, 5.74) is 1.29. The van der Waals surface area contributed by atoms with Gasteiger partial charge in [-0.15, -0.1) is 11.3 Å². The number of nitrogens with one attached hydrogen (secondary N) is 2. The minimum atomic E-state index is -0.414. The first-order valence-electron chi connectivity index (χ1n) is 9.26. The number of benzene rings is 2. The number of aromatic nitrogens is 1. The van der Waals surface area contributed by atoms with E-state index in [1.54, 1.807) is 41.7 Å². The lowest BCUT2D eigenvalue weighted by Crippen LogP contribution is -2.36. The molecule has 162 valence electrons. The summed E-state index contributed by atoms with van der Waals surface area (Å²) in [7, 11) is 1.55. The van der Waals surface area contributed by atoms with Crippen LogP contribution in [0.2, 0.25) is 5.02 Å². The van der Waals surface area contributed by atoms with Gasteiger partial charge < -0.3 is 20.3 Å². The quantitative estimate of drug-likeness (QED) is 0.500. The number of hydrogen-bond donors (Lipinski definition) is 2. The molecule has 0 atom stereocenters. The Bertz CT molecular complexity index is 1030. The van der Waals surface area contributed by atoms with Crippen molar-refractivity contribution in [3.05, 3.63) is 75.5 Å². The maximum atomic E-state index is 13.0. The molecule has 0 spiro atoms. The fourth-order valence-corrected chi connectivity index (χ4v) is 3.48. The van der Waals surface area contributed by atoms with Crippen LogP contribution < -0.4 is 10.6 Å². The van der Waals surface area contributed by atoms with Crippen LogP contribution in [0.5, 0.6) is 0 Å². The van der Waals surface area contributed by atoms with Crippen LogP contribution in [-0.4, -0.2) is 42.1 Å². The zero-order valence-electron chi connectivity index (χ0n) is 16.6. The summed E-state index contributed by atoms with van der Waals surface area (Å²) in [4.78, 5) is 31.0. The Balaban J connectivity index is 1.64. The second kappa shape index (κ2) is 10.9. The number of anilines is 2. The predicted octanol–water partition coefficient (Wildman–Crippen LogP) is 4.87. The molecule has 0 fully saturated rings. The summed E-state index contributed by atoms with van der Waals surface area (Å²) in [6.07, 6.45) is 0. The number of urea groups is 1. The highest BCUT2D eigenvalue weighted by molar-refractivity contribution is 7.09. The molecule has 3 amide bonds. The summed E-state index contributed by atoms with van der Waals surface area (Å²) in [5.74, 6) is -0.801. The summed E-state index contributed by atoms with van der Waals surface area (Å²) < 4.78 is 18.1. The molecule has 0 aliphatic rings. The molecule has 0 bridgehead atoms. The van der Waals surface area contributed by atoms with Gasteiger partial charge in [0.15, 0.2) is 0 Å². The third-order valence-corrected chi connectivity index (χ3v) is 5.25. The highest BCUT2D eigenvalue weighted by atomic mass is 35.5. The van der Waals surface area contributed by atoms with Gasteiger partial charge in [0.05, 0.1) is 13.2 Å². The first kappa shape index (κ1) is 22.7. The molecule has 2 aromatic carbocycles. The molecule has 0 saturated heterocycles. The molecule has 0 unspecified atom stereocenters. The molecule has 7 nitrogen and oxygen atoms in total. The largest absolute Gasteiger partial charge is 0.383 e. The van der Waals surface area contributed by atoms with Crippen molar-refractivity contribution in [3.63, 3.8) is 0 Å². The number of rotatable bonds is 8. The van der Waals surface area contributed by atoms with Gasteiger partial charge in [-0.1, -0.05) is 11.6 Å². The van der Waals surface area contributed by atoms with E-state index in [1.165, 1.54) is 35.6 Å². The van der Waals surface area contributed by atoms with E-state index in [4.69, 9.17) is 16.3 Å². The minimum Gasteiger partial charge on any atom is -0.383 e. The van der Waals surface area contributed by atoms with Crippen molar-refractivity contribution in [3.8, 4) is 0 Å². The maximum Gasteiger partial charge on any atom is 0.322 e. The number of methoxy groups -OCH3 is 1. The number of ether oxygens (including phenoxy) is 1. The van der Waals surface area contributed by atoms with Crippen molar-refractivity contribution in [1.82, 2.24) is 9.88 Å². The van der Waals surface area contributed by atoms with Crippen LogP contribution in [0.25, 0.3) is 0 Å². The Labute approximate surface area is 187 Å². The molecule has 0 aliphatic heterocycles. The molecule has 0 aliphatic carbocycles. The first-order valence-corrected chi connectivity index (χ1v) is 10.5. The lowest BCUT2D eigenvalue weighted by atomic mass is 10.3. The molecular weight excluding hydrogens is 443 g/mol. The first-order chi connectivity index (χ1) is 14.9. The van der Waals surface area contributed by atoms with Crippen molar-refractivity contribution >= 4 is 46.3 Å². The Morgan fingerprint density at radius 1 is 1.10 bits per heavy atom. The topological polar surface area (TPSA) is 83.6 Å². The van der Waals surface area contributed by atoms with Crippen molar-refractivity contribution in [1.29, 1.82) is 0 Å². The maximum absolute atomic E-state index is 13.0. The lowest BCUT2D eigenvalue weighted by molar-refractivity contribution is 0.102. The number of carbonyl (C=O) groups excluding carboxylic acids is 2. The zero-order valence-corrected chi connectivity index (χ0v) is 18.2. The Kier molecular flexibility index (Phi) is 7.94. The number of amides is 3. The van der Waals surface area contributed by atoms with Gasteiger partial charge in [-0.3, -0.25) is 4.79 Å². The number of carbonyl (C=O) groups is 2. The van der Waals surface area contributed by atoms with Gasteiger partial charge in [-0.2, -0.15) is 0 Å². The van der Waals surface area contributed by atoms with Crippen molar-refractivity contribution in [2.24, 2.45) is 0 Å². The zero-order chi connectivity index (χ0) is 22.2. The number of hydrogen-bond acceptors (Lipinski definition) is 5. The van der Waals surface area contributed by atoms with Gasteiger partial charge in [0, 0.05) is 35.4 Å². The number of thiazole rings is 1. The van der Waals surface area contributed by atoms with Gasteiger partial charge in [0.2, 0.25) is 0 Å². The van der Waals surface area contributed by atoms with Gasteiger partial charge >= 0.3 is 6.03 Å². The molecule has 3 rings (SSSR count). The fraction of sp³-hybridized carbons (Fsp3) is 0.190. The molecule has 2 N–H and O–H groups in total. The second-order valence-electron chi connectivity index (χ2n) is 6.44. The highest BCUT2D eigenvalue weighted by Gasteiger charge is 2.18. The number of nitrogens with zero attached hydrogens (tertiary/aromatic N) is 2. The molecule has 3 aromatic rings. The average molecular weight is 463 g/mol. The van der Waals surface area contributed by atoms with Crippen LogP contribution in [0.4, 0.5) is 20.6 Å². The molecule has 10 heteroatoms. The van der Waals surface area contributed by atoms with Crippen molar-refractivity contribution in [2.45, 2.75) is 6.54 Å². The van der Waals surface area contributed by atoms with Crippen LogP contribution in [0, 0.1) is 5.82 Å². The standard InChI is InChI=1S/C21H20ClFN4O3S/c1-30-11-10-27(21(29)25-17-6-2-14(22)3-7-17)12-19-26-18(13-31-19)20(28)24-16-8-4-15(23)5-9-16/h2-9,13H,10-12H2,1H3,(H,24,28)(H,25,29). The van der Waals surface area contributed by atoms with E-state index in [-0.39, 0.29) is 24.1 Å². The predicted molar refractivity (Wildman–Crippen MR) is 119 cm³/mol. The highest BCUT2D eigenvalue weighted by Crippen LogP contribution is 2.17. The van der Waals surface area contributed by atoms with Gasteiger partial charge in [0.1, 0.15) is 16.5 Å². The SMILES string of the molecule is COCCN(Cc1nc(C(=O)Nc2ccc(F)cc2)cs1)C(=O)Nc1ccc(Cl)cc1. The molecule has 1 heterocycles. The van der Waals surface area contributed by atoms with Gasteiger partial charge in [-0.25, -0.2) is 14.2 Å². The third kappa shape index (κ3) is 6.74. The van der Waals surface area contributed by atoms with Crippen LogP contribution in [-0.2, 0) is 11.3 Å².